The van der Waals surface area contributed by atoms with Gasteiger partial charge in [0, 0.05) is 0 Å². The molecule has 2 nitrogen and oxygen atoms in total. The minimum atomic E-state index is -2.32. The molecule has 1 heterocycles. The van der Waals surface area contributed by atoms with E-state index in [1.807, 2.05) is 0 Å². The van der Waals surface area contributed by atoms with Crippen molar-refractivity contribution in [2.45, 2.75) is 26.4 Å². The first-order valence-corrected chi connectivity index (χ1v) is 7.32. The van der Waals surface area contributed by atoms with Gasteiger partial charge in [0.15, 0.2) is 0 Å². The van der Waals surface area contributed by atoms with Crippen molar-refractivity contribution in [2.75, 3.05) is 0 Å². The smallest absolute Gasteiger partial charge is 0.282 e. The summed E-state index contributed by atoms with van der Waals surface area (Å²) >= 11 is 6.51. The third-order valence-corrected chi connectivity index (χ3v) is 6.08. The Hall–Kier alpha value is -0.341. The van der Waals surface area contributed by atoms with Crippen LogP contribution >= 0.6 is 11.5 Å². The van der Waals surface area contributed by atoms with E-state index in [2.05, 4.69) is 0 Å². The van der Waals surface area contributed by atoms with Gasteiger partial charge in [0.1, 0.15) is 5.78 Å². The normalized spacial score (nSPS) is 36.3. The molecule has 0 spiro atoms. The largest absolute Gasteiger partial charge is 0.316 e. The summed E-state index contributed by atoms with van der Waals surface area (Å²) in [7, 11) is 42.6. The molecular formula is C12H6B8ClNO. The standard InChI is InChI=1S/C12H6B8ClNO/c13-9(14)7(23)8(22)5-3-1-2-4-6(5)20(21)12(8,19)11(17,18)10(9,15)16/h1-4H,22H2. The topological polar surface area (TPSA) is 43.1 Å². The van der Waals surface area contributed by atoms with Crippen molar-refractivity contribution >= 4 is 83.8 Å². The summed E-state index contributed by atoms with van der Waals surface area (Å²) in [6.45, 7) is 0. The molecule has 2 unspecified atom stereocenters. The fourth-order valence-electron chi connectivity index (χ4n) is 3.79. The molecule has 11 heteroatoms. The first-order chi connectivity index (χ1) is 10.3. The van der Waals surface area contributed by atoms with Crippen molar-refractivity contribution < 1.29 is 4.79 Å². The highest BCUT2D eigenvalue weighted by Gasteiger charge is 2.75. The lowest BCUT2D eigenvalue weighted by Crippen LogP contribution is -2.72. The van der Waals surface area contributed by atoms with E-state index >= 15 is 0 Å². The maximum Gasteiger partial charge on any atom is 0.282 e. The van der Waals surface area contributed by atoms with E-state index in [4.69, 9.17) is 72.1 Å². The van der Waals surface area contributed by atoms with E-state index in [1.165, 1.54) is 0 Å². The SMILES string of the molecule is [B]C1([B])C(=O)C2(N)c3ccccc3B(Cl)C2([B])C([B])([B])C1([B])[B]. The van der Waals surface area contributed by atoms with Gasteiger partial charge < -0.3 is 5.73 Å². The molecule has 96 valence electrons. The van der Waals surface area contributed by atoms with Gasteiger partial charge in [-0.05, 0) is 10.8 Å². The molecule has 1 aliphatic carbocycles. The van der Waals surface area contributed by atoms with Crippen LogP contribution in [0.1, 0.15) is 5.56 Å². The van der Waals surface area contributed by atoms with Crippen molar-refractivity contribution in [3.63, 3.8) is 0 Å². The van der Waals surface area contributed by atoms with E-state index in [0.29, 0.717) is 11.0 Å². The van der Waals surface area contributed by atoms with Crippen LogP contribution in [0.25, 0.3) is 0 Å². The number of hydrogen-bond donors (Lipinski definition) is 1. The zero-order valence-electron chi connectivity index (χ0n) is 12.3. The fourth-order valence-corrected chi connectivity index (χ4v) is 4.33. The third-order valence-electron chi connectivity index (χ3n) is 5.50. The number of carbonyl (C=O) groups is 1. The Bertz CT molecular complexity index is 725. The highest BCUT2D eigenvalue weighted by molar-refractivity contribution is 7.20. The van der Waals surface area contributed by atoms with Gasteiger partial charge in [0.25, 0.3) is 6.13 Å². The van der Waals surface area contributed by atoms with Gasteiger partial charge in [0.2, 0.25) is 0 Å². The zero-order valence-corrected chi connectivity index (χ0v) is 13.0. The quantitative estimate of drug-likeness (QED) is 0.569. The van der Waals surface area contributed by atoms with Crippen LogP contribution in [0.4, 0.5) is 0 Å². The molecule has 2 aliphatic rings. The molecular weight excluding hydrogens is 296 g/mol. The molecule has 2 atom stereocenters. The maximum atomic E-state index is 13.1. The van der Waals surface area contributed by atoms with Crippen LogP contribution in [0.15, 0.2) is 24.3 Å². The van der Waals surface area contributed by atoms with Gasteiger partial charge >= 0.3 is 0 Å². The molecule has 0 aromatic heterocycles. The number of hydrogen-bond acceptors (Lipinski definition) is 2. The highest BCUT2D eigenvalue weighted by atomic mass is 35.5. The molecule has 0 saturated heterocycles. The second-order valence-electron chi connectivity index (χ2n) is 6.56. The molecule has 1 aliphatic heterocycles. The lowest BCUT2D eigenvalue weighted by atomic mass is 9.04. The molecule has 1 saturated carbocycles. The first-order valence-electron chi connectivity index (χ1n) is 6.89. The average Bonchev–Trinajstić information content (AvgIpc) is 2.67. The van der Waals surface area contributed by atoms with Crippen LogP contribution in [0, 0.1) is 0 Å². The van der Waals surface area contributed by atoms with Gasteiger partial charge in [0.05, 0.1) is 60.5 Å². The predicted molar refractivity (Wildman–Crippen MR) is 99.6 cm³/mol. The van der Waals surface area contributed by atoms with Crippen molar-refractivity contribution in [1.82, 2.24) is 0 Å². The molecule has 14 radical (unpaired) electrons. The third kappa shape index (κ3) is 1.50. The van der Waals surface area contributed by atoms with Gasteiger partial charge in [-0.3, -0.25) is 4.79 Å². The summed E-state index contributed by atoms with van der Waals surface area (Å²) in [5.74, 6) is -0.875. The summed E-state index contributed by atoms with van der Waals surface area (Å²) in [5.41, 5.74) is 5.34. The van der Waals surface area contributed by atoms with Gasteiger partial charge in [-0.2, -0.15) is 11.5 Å². The molecule has 1 fully saturated rings. The van der Waals surface area contributed by atoms with Crippen LogP contribution < -0.4 is 11.2 Å². The fraction of sp³-hybridized carbons (Fsp3) is 0.417. The molecule has 2 N–H and O–H groups in total. The average molecular weight is 302 g/mol. The van der Waals surface area contributed by atoms with Crippen molar-refractivity contribution in [1.29, 1.82) is 0 Å². The number of carbonyl (C=O) groups excluding carboxylic acids is 1. The molecule has 1 aromatic carbocycles. The Balaban J connectivity index is 2.45. The molecule has 3 rings (SSSR count). The van der Waals surface area contributed by atoms with E-state index in [-0.39, 0.29) is 0 Å². The van der Waals surface area contributed by atoms with E-state index in [1.54, 1.807) is 24.3 Å². The molecule has 23 heavy (non-hydrogen) atoms. The maximum absolute atomic E-state index is 13.1. The number of benzene rings is 1. The summed E-state index contributed by atoms with van der Waals surface area (Å²) in [6.07, 6.45) is -1.02. The monoisotopic (exact) mass is 303 g/mol. The summed E-state index contributed by atoms with van der Waals surface area (Å²) in [5, 5.41) is -8.64. The minimum Gasteiger partial charge on any atom is -0.316 e. The van der Waals surface area contributed by atoms with Gasteiger partial charge in [-0.1, -0.05) is 34.9 Å². The van der Waals surface area contributed by atoms with Gasteiger partial charge in [-0.25, -0.2) is 0 Å². The van der Waals surface area contributed by atoms with Crippen LogP contribution in [-0.2, 0) is 10.3 Å². The summed E-state index contributed by atoms with van der Waals surface area (Å²) in [6, 6.07) is 6.66. The summed E-state index contributed by atoms with van der Waals surface area (Å²) < 4.78 is 0. The number of halogens is 1. The first kappa shape index (κ1) is 17.5. The number of ketones is 1. The second-order valence-corrected chi connectivity index (χ2v) is 7.00. The highest BCUT2D eigenvalue weighted by Crippen LogP contribution is 2.77. The number of fused-ring (bicyclic) bond motifs is 3. The lowest BCUT2D eigenvalue weighted by Gasteiger charge is -2.71. The van der Waals surface area contributed by atoms with Crippen molar-refractivity contribution in [3.05, 3.63) is 29.8 Å². The summed E-state index contributed by atoms with van der Waals surface area (Å²) in [4.78, 5) is 13.1. The predicted octanol–water partition coefficient (Wildman–Crippen LogP) is -1.90. The Kier molecular flexibility index (Phi) is 3.37. The minimum absolute atomic E-state index is 0.351. The lowest BCUT2D eigenvalue weighted by molar-refractivity contribution is -0.128. The van der Waals surface area contributed by atoms with Crippen LogP contribution in [0.3, 0.4) is 0 Å². The van der Waals surface area contributed by atoms with Crippen molar-refractivity contribution in [3.8, 4) is 0 Å². The Morgan fingerprint density at radius 3 is 2.04 bits per heavy atom. The second kappa shape index (κ2) is 4.43. The van der Waals surface area contributed by atoms with Crippen LogP contribution in [0.2, 0.25) is 20.9 Å². The van der Waals surface area contributed by atoms with E-state index < -0.39 is 38.3 Å². The number of rotatable bonds is 0. The Morgan fingerprint density at radius 1 is 0.957 bits per heavy atom. The molecule has 0 amide bonds. The van der Waals surface area contributed by atoms with Crippen molar-refractivity contribution in [2.24, 2.45) is 5.73 Å². The molecule has 0 bridgehead atoms. The van der Waals surface area contributed by atoms with Gasteiger partial charge in [-0.15, -0.1) is 10.4 Å². The Labute approximate surface area is 150 Å². The van der Waals surface area contributed by atoms with E-state index in [0.717, 1.165) is 0 Å². The van der Waals surface area contributed by atoms with E-state index in [9.17, 15) is 4.79 Å². The number of nitrogens with two attached hydrogens (primary N) is 1. The zero-order chi connectivity index (χ0) is 17.6. The van der Waals surface area contributed by atoms with Crippen LogP contribution in [-0.4, -0.2) is 66.8 Å². The Morgan fingerprint density at radius 2 is 1.48 bits per heavy atom. The number of Topliss-reactive ketones (excluding diaryl/α,β-unsaturated/α-hetero) is 1. The molecule has 1 aromatic rings. The van der Waals surface area contributed by atoms with Crippen LogP contribution in [0.5, 0.6) is 0 Å².